The molecule has 0 spiro atoms. The van der Waals surface area contributed by atoms with Crippen molar-refractivity contribution in [2.24, 2.45) is 0 Å². The first-order valence-electron chi connectivity index (χ1n) is 11.0. The molecule has 0 aliphatic carbocycles. The van der Waals surface area contributed by atoms with Crippen LogP contribution in [0.2, 0.25) is 0 Å². The maximum Gasteiger partial charge on any atom is 0.293 e. The molecule has 2 aromatic rings. The van der Waals surface area contributed by atoms with E-state index in [-0.39, 0.29) is 30.1 Å². The number of hydrogen-bond donors (Lipinski definition) is 1. The van der Waals surface area contributed by atoms with Crippen molar-refractivity contribution in [2.45, 2.75) is 6.92 Å². The van der Waals surface area contributed by atoms with Crippen LogP contribution in [0.4, 0.5) is 10.5 Å². The molecule has 4 rings (SSSR count). The molecule has 8 nitrogen and oxygen atoms in total. The molecule has 2 saturated heterocycles. The number of aromatic nitrogens is 1. The normalized spacial score (nSPS) is 18.3. The number of pyridine rings is 1. The maximum atomic E-state index is 12.6. The molecule has 3 heterocycles. The smallest absolute Gasteiger partial charge is 0.293 e. The van der Waals surface area contributed by atoms with E-state index in [9.17, 15) is 14.4 Å². The van der Waals surface area contributed by atoms with Crippen LogP contribution in [0.5, 0.6) is 0 Å². The van der Waals surface area contributed by atoms with Crippen LogP contribution in [-0.2, 0) is 9.59 Å². The summed E-state index contributed by atoms with van der Waals surface area (Å²) in [5.41, 5.74) is 3.27. The number of piperazine rings is 1. The average Bonchev–Trinajstić information content (AvgIpc) is 3.08. The van der Waals surface area contributed by atoms with Crippen molar-refractivity contribution in [1.29, 1.82) is 0 Å². The van der Waals surface area contributed by atoms with E-state index in [2.05, 4.69) is 39.2 Å². The van der Waals surface area contributed by atoms with Crippen LogP contribution in [0.25, 0.3) is 6.08 Å². The molecule has 3 amide bonds. The number of nitrogens with zero attached hydrogens (tertiary/aromatic N) is 4. The van der Waals surface area contributed by atoms with Crippen molar-refractivity contribution >= 4 is 40.6 Å². The van der Waals surface area contributed by atoms with E-state index < -0.39 is 0 Å². The van der Waals surface area contributed by atoms with Crippen molar-refractivity contribution in [3.63, 3.8) is 0 Å². The standard InChI is InChI=1S/C24H27N5O3S/c1-18-5-2-3-7-20(18)28-13-11-27(12-14-28)17-22(30)26-9-10-29-23(31)21(33-24(29)32)15-19-6-4-8-25-16-19/h2-8,15-16H,9-14,17H2,1H3,(H,26,30)/b21-15+. The van der Waals surface area contributed by atoms with Crippen molar-refractivity contribution < 1.29 is 14.4 Å². The molecule has 33 heavy (non-hydrogen) atoms. The zero-order valence-electron chi connectivity index (χ0n) is 18.6. The number of rotatable bonds is 7. The monoisotopic (exact) mass is 465 g/mol. The van der Waals surface area contributed by atoms with Gasteiger partial charge in [0.2, 0.25) is 5.91 Å². The second kappa shape index (κ2) is 10.6. The first-order chi connectivity index (χ1) is 16.0. The minimum absolute atomic E-state index is 0.0998. The molecule has 2 fully saturated rings. The maximum absolute atomic E-state index is 12.6. The number of imide groups is 1. The quantitative estimate of drug-likeness (QED) is 0.629. The third-order valence-corrected chi connectivity index (χ3v) is 6.62. The Morgan fingerprint density at radius 2 is 1.91 bits per heavy atom. The summed E-state index contributed by atoms with van der Waals surface area (Å²) >= 11 is 0.908. The van der Waals surface area contributed by atoms with E-state index in [1.807, 2.05) is 18.2 Å². The van der Waals surface area contributed by atoms with Crippen LogP contribution >= 0.6 is 11.8 Å². The van der Waals surface area contributed by atoms with Gasteiger partial charge >= 0.3 is 0 Å². The summed E-state index contributed by atoms with van der Waals surface area (Å²) in [7, 11) is 0. The highest BCUT2D eigenvalue weighted by atomic mass is 32.2. The first kappa shape index (κ1) is 23.0. The molecular weight excluding hydrogens is 438 g/mol. The van der Waals surface area contributed by atoms with Crippen molar-refractivity contribution in [2.75, 3.05) is 50.7 Å². The third kappa shape index (κ3) is 5.80. The number of hydrogen-bond acceptors (Lipinski definition) is 7. The van der Waals surface area contributed by atoms with Crippen LogP contribution in [0.3, 0.4) is 0 Å². The van der Waals surface area contributed by atoms with E-state index in [4.69, 9.17) is 0 Å². The van der Waals surface area contributed by atoms with Gasteiger partial charge in [-0.2, -0.15) is 0 Å². The van der Waals surface area contributed by atoms with Crippen molar-refractivity contribution in [1.82, 2.24) is 20.1 Å². The summed E-state index contributed by atoms with van der Waals surface area (Å²) in [5.74, 6) is -0.437. The van der Waals surface area contributed by atoms with Gasteiger partial charge in [0.05, 0.1) is 11.4 Å². The molecule has 0 bridgehead atoms. The molecule has 9 heteroatoms. The molecule has 2 aliphatic rings. The molecule has 0 unspecified atom stereocenters. The Hall–Kier alpha value is -3.17. The molecule has 1 N–H and O–H groups in total. The lowest BCUT2D eigenvalue weighted by molar-refractivity contribution is -0.124. The van der Waals surface area contributed by atoms with Crippen LogP contribution in [0.1, 0.15) is 11.1 Å². The summed E-state index contributed by atoms with van der Waals surface area (Å²) < 4.78 is 0. The van der Waals surface area contributed by atoms with E-state index in [0.29, 0.717) is 11.4 Å². The number of anilines is 1. The number of para-hydroxylation sites is 1. The van der Waals surface area contributed by atoms with Gasteiger partial charge in [-0.05, 0) is 48.0 Å². The summed E-state index contributed by atoms with van der Waals surface area (Å²) in [6, 6.07) is 11.9. The highest BCUT2D eigenvalue weighted by Gasteiger charge is 2.34. The minimum atomic E-state index is -0.338. The van der Waals surface area contributed by atoms with Gasteiger partial charge in [-0.1, -0.05) is 24.3 Å². The Morgan fingerprint density at radius 3 is 2.64 bits per heavy atom. The molecule has 0 radical (unpaired) electrons. The Morgan fingerprint density at radius 1 is 1.12 bits per heavy atom. The number of nitrogens with one attached hydrogen (secondary N) is 1. The number of thioether (sulfide) groups is 1. The predicted molar refractivity (Wildman–Crippen MR) is 130 cm³/mol. The lowest BCUT2D eigenvalue weighted by Gasteiger charge is -2.36. The SMILES string of the molecule is Cc1ccccc1N1CCN(CC(=O)NCCN2C(=O)S/C(=C/c3cccnc3)C2=O)CC1. The highest BCUT2D eigenvalue weighted by Crippen LogP contribution is 2.31. The number of amides is 3. The van der Waals surface area contributed by atoms with Gasteiger partial charge in [0.15, 0.2) is 0 Å². The molecule has 1 aromatic heterocycles. The zero-order valence-corrected chi connectivity index (χ0v) is 19.4. The van der Waals surface area contributed by atoms with Crippen LogP contribution in [-0.4, -0.2) is 77.7 Å². The molecule has 2 aliphatic heterocycles. The van der Waals surface area contributed by atoms with Crippen LogP contribution in [0.15, 0.2) is 53.7 Å². The third-order valence-electron chi connectivity index (χ3n) is 5.71. The number of carbonyl (C=O) groups is 3. The first-order valence-corrected chi connectivity index (χ1v) is 11.8. The Bertz CT molecular complexity index is 1050. The Labute approximate surface area is 197 Å². The fourth-order valence-electron chi connectivity index (χ4n) is 3.94. The summed E-state index contributed by atoms with van der Waals surface area (Å²) in [6.45, 7) is 6.18. The van der Waals surface area contributed by atoms with Gasteiger partial charge in [0, 0.05) is 57.3 Å². The largest absolute Gasteiger partial charge is 0.369 e. The van der Waals surface area contributed by atoms with Gasteiger partial charge < -0.3 is 10.2 Å². The zero-order chi connectivity index (χ0) is 23.2. The lowest BCUT2D eigenvalue weighted by Crippen LogP contribution is -2.50. The van der Waals surface area contributed by atoms with Gasteiger partial charge in [0.25, 0.3) is 11.1 Å². The fourth-order valence-corrected chi connectivity index (χ4v) is 4.80. The van der Waals surface area contributed by atoms with Gasteiger partial charge in [-0.15, -0.1) is 0 Å². The van der Waals surface area contributed by atoms with E-state index in [0.717, 1.165) is 43.5 Å². The van der Waals surface area contributed by atoms with Crippen molar-refractivity contribution in [3.8, 4) is 0 Å². The topological polar surface area (TPSA) is 85.8 Å². The van der Waals surface area contributed by atoms with E-state index >= 15 is 0 Å². The molecule has 0 atom stereocenters. The summed E-state index contributed by atoms with van der Waals surface area (Å²) in [4.78, 5) is 47.2. The summed E-state index contributed by atoms with van der Waals surface area (Å²) in [5, 5.41) is 2.51. The second-order valence-corrected chi connectivity index (χ2v) is 9.01. The number of aryl methyl sites for hydroxylation is 1. The molecule has 1 aromatic carbocycles. The Balaban J connectivity index is 1.20. The lowest BCUT2D eigenvalue weighted by atomic mass is 10.1. The number of carbonyl (C=O) groups excluding carboxylic acids is 3. The summed E-state index contributed by atoms with van der Waals surface area (Å²) in [6.07, 6.45) is 4.94. The molecule has 172 valence electrons. The Kier molecular flexibility index (Phi) is 7.41. The van der Waals surface area contributed by atoms with Gasteiger partial charge in [-0.25, -0.2) is 0 Å². The minimum Gasteiger partial charge on any atom is -0.369 e. The molecule has 0 saturated carbocycles. The number of benzene rings is 1. The van der Waals surface area contributed by atoms with Gasteiger partial charge in [0.1, 0.15) is 0 Å². The fraction of sp³-hybridized carbons (Fsp3) is 0.333. The van der Waals surface area contributed by atoms with E-state index in [1.54, 1.807) is 24.5 Å². The van der Waals surface area contributed by atoms with Crippen LogP contribution < -0.4 is 10.2 Å². The molecular formula is C24H27N5O3S. The van der Waals surface area contributed by atoms with Gasteiger partial charge in [-0.3, -0.25) is 29.2 Å². The average molecular weight is 466 g/mol. The van der Waals surface area contributed by atoms with E-state index in [1.165, 1.54) is 16.2 Å². The second-order valence-electron chi connectivity index (χ2n) is 8.02. The van der Waals surface area contributed by atoms with Crippen molar-refractivity contribution in [3.05, 3.63) is 64.8 Å². The van der Waals surface area contributed by atoms with Crippen LogP contribution in [0, 0.1) is 6.92 Å². The predicted octanol–water partition coefficient (Wildman–Crippen LogP) is 2.36. The highest BCUT2D eigenvalue weighted by molar-refractivity contribution is 8.18.